The van der Waals surface area contributed by atoms with Crippen LogP contribution in [0.1, 0.15) is 5.56 Å². The van der Waals surface area contributed by atoms with Crippen LogP contribution in [0, 0.1) is 21.7 Å². The fourth-order valence-electron chi connectivity index (χ4n) is 2.81. The SMILES string of the molecule is Nc1nc(-c2ccncc2)c2cnn(Cc3c(F)cc([N+](=O)[O-])cc3F)c2n1. The summed E-state index contributed by atoms with van der Waals surface area (Å²) in [5, 5.41) is 15.4. The number of nitrogens with zero attached hydrogens (tertiary/aromatic N) is 6. The first-order valence-corrected chi connectivity index (χ1v) is 7.96. The van der Waals surface area contributed by atoms with Crippen molar-refractivity contribution in [1.82, 2.24) is 24.7 Å². The van der Waals surface area contributed by atoms with Gasteiger partial charge in [0.25, 0.3) is 5.69 Å². The highest BCUT2D eigenvalue weighted by molar-refractivity contribution is 5.90. The molecule has 3 aromatic heterocycles. The highest BCUT2D eigenvalue weighted by Crippen LogP contribution is 2.27. The first-order chi connectivity index (χ1) is 13.4. The number of nitro groups is 1. The number of non-ortho nitro benzene ring substituents is 1. The van der Waals surface area contributed by atoms with E-state index in [0.717, 1.165) is 5.56 Å². The van der Waals surface area contributed by atoms with Gasteiger partial charge >= 0.3 is 0 Å². The minimum absolute atomic E-state index is 0.0364. The molecule has 0 spiro atoms. The van der Waals surface area contributed by atoms with E-state index in [2.05, 4.69) is 20.1 Å². The second-order valence-corrected chi connectivity index (χ2v) is 5.85. The summed E-state index contributed by atoms with van der Waals surface area (Å²) in [4.78, 5) is 22.2. The molecule has 0 unspecified atom stereocenters. The Labute approximate surface area is 155 Å². The van der Waals surface area contributed by atoms with Gasteiger partial charge in [-0.3, -0.25) is 15.1 Å². The van der Waals surface area contributed by atoms with Gasteiger partial charge in [0.1, 0.15) is 11.6 Å². The van der Waals surface area contributed by atoms with Crippen molar-refractivity contribution < 1.29 is 13.7 Å². The third-order valence-corrected chi connectivity index (χ3v) is 4.11. The summed E-state index contributed by atoms with van der Waals surface area (Å²) in [5.41, 5.74) is 6.25. The number of nitro benzene ring substituents is 1. The highest BCUT2D eigenvalue weighted by Gasteiger charge is 2.20. The first-order valence-electron chi connectivity index (χ1n) is 7.96. The molecule has 0 aliphatic rings. The Morgan fingerprint density at radius 2 is 1.82 bits per heavy atom. The molecule has 0 aliphatic heterocycles. The Morgan fingerprint density at radius 1 is 1.14 bits per heavy atom. The van der Waals surface area contributed by atoms with E-state index in [4.69, 9.17) is 5.73 Å². The summed E-state index contributed by atoms with van der Waals surface area (Å²) in [6, 6.07) is 4.79. The number of pyridine rings is 1. The second kappa shape index (κ2) is 6.61. The first kappa shape index (κ1) is 17.4. The molecule has 140 valence electrons. The molecule has 0 radical (unpaired) electrons. The van der Waals surface area contributed by atoms with E-state index in [0.29, 0.717) is 23.2 Å². The Kier molecular flexibility index (Phi) is 4.11. The van der Waals surface area contributed by atoms with Crippen molar-refractivity contribution in [3.63, 3.8) is 0 Å². The molecule has 0 saturated heterocycles. The van der Waals surface area contributed by atoms with E-state index in [9.17, 15) is 18.9 Å². The Morgan fingerprint density at radius 3 is 2.46 bits per heavy atom. The average molecular weight is 383 g/mol. The van der Waals surface area contributed by atoms with Crippen molar-refractivity contribution in [2.45, 2.75) is 6.54 Å². The molecule has 11 heteroatoms. The number of aromatic nitrogens is 5. The topological polar surface area (TPSA) is 126 Å². The van der Waals surface area contributed by atoms with Gasteiger partial charge in [0.15, 0.2) is 5.65 Å². The van der Waals surface area contributed by atoms with Crippen LogP contribution in [0.15, 0.2) is 42.9 Å². The molecule has 3 heterocycles. The van der Waals surface area contributed by atoms with E-state index in [1.807, 2.05) is 0 Å². The monoisotopic (exact) mass is 383 g/mol. The zero-order valence-electron chi connectivity index (χ0n) is 14.1. The van der Waals surface area contributed by atoms with E-state index >= 15 is 0 Å². The molecular formula is C17H11F2N7O2. The maximum absolute atomic E-state index is 14.2. The van der Waals surface area contributed by atoms with Gasteiger partial charge in [-0.2, -0.15) is 10.1 Å². The van der Waals surface area contributed by atoms with E-state index in [1.54, 1.807) is 24.5 Å². The van der Waals surface area contributed by atoms with E-state index in [-0.39, 0.29) is 23.7 Å². The van der Waals surface area contributed by atoms with Gasteiger partial charge in [0.2, 0.25) is 5.95 Å². The lowest BCUT2D eigenvalue weighted by Gasteiger charge is -2.08. The second-order valence-electron chi connectivity index (χ2n) is 5.85. The number of rotatable bonds is 4. The number of halogens is 2. The van der Waals surface area contributed by atoms with Crippen molar-refractivity contribution in [3.05, 3.63) is 70.2 Å². The molecular weight excluding hydrogens is 372 g/mol. The van der Waals surface area contributed by atoms with Crippen LogP contribution >= 0.6 is 0 Å². The smallest absolute Gasteiger partial charge is 0.275 e. The van der Waals surface area contributed by atoms with Crippen molar-refractivity contribution in [2.75, 3.05) is 5.73 Å². The molecule has 0 saturated carbocycles. The highest BCUT2D eigenvalue weighted by atomic mass is 19.1. The quantitative estimate of drug-likeness (QED) is 0.424. The number of nitrogen functional groups attached to an aromatic ring is 1. The summed E-state index contributed by atoms with van der Waals surface area (Å²) in [5.74, 6) is -2.14. The molecule has 0 fully saturated rings. The third kappa shape index (κ3) is 2.98. The van der Waals surface area contributed by atoms with E-state index < -0.39 is 22.2 Å². The summed E-state index contributed by atoms with van der Waals surface area (Å²) < 4.78 is 29.7. The molecule has 4 aromatic rings. The van der Waals surface area contributed by atoms with Crippen LogP contribution < -0.4 is 5.73 Å². The van der Waals surface area contributed by atoms with Crippen LogP contribution in [0.25, 0.3) is 22.3 Å². The molecule has 4 rings (SSSR count). The maximum Gasteiger partial charge on any atom is 0.275 e. The minimum atomic E-state index is -1.05. The average Bonchev–Trinajstić information content (AvgIpc) is 3.07. The number of anilines is 1. The predicted molar refractivity (Wildman–Crippen MR) is 95.1 cm³/mol. The van der Waals surface area contributed by atoms with Crippen LogP contribution in [-0.2, 0) is 6.54 Å². The molecule has 0 amide bonds. The van der Waals surface area contributed by atoms with Crippen molar-refractivity contribution in [1.29, 1.82) is 0 Å². The van der Waals surface area contributed by atoms with Crippen molar-refractivity contribution >= 4 is 22.7 Å². The van der Waals surface area contributed by atoms with Crippen LogP contribution in [-0.4, -0.2) is 29.7 Å². The van der Waals surface area contributed by atoms with Gasteiger partial charge in [-0.15, -0.1) is 0 Å². The molecule has 1 aromatic carbocycles. The van der Waals surface area contributed by atoms with Crippen LogP contribution in [0.3, 0.4) is 0 Å². The largest absolute Gasteiger partial charge is 0.368 e. The summed E-state index contributed by atoms with van der Waals surface area (Å²) in [6.45, 7) is -0.328. The van der Waals surface area contributed by atoms with Crippen LogP contribution in [0.2, 0.25) is 0 Å². The lowest BCUT2D eigenvalue weighted by atomic mass is 10.1. The summed E-state index contributed by atoms with van der Waals surface area (Å²) in [6.07, 6.45) is 4.64. The number of hydrogen-bond acceptors (Lipinski definition) is 7. The fraction of sp³-hybridized carbons (Fsp3) is 0.0588. The molecule has 9 nitrogen and oxygen atoms in total. The molecule has 28 heavy (non-hydrogen) atoms. The van der Waals surface area contributed by atoms with Crippen molar-refractivity contribution in [3.8, 4) is 11.3 Å². The molecule has 0 atom stereocenters. The zero-order chi connectivity index (χ0) is 19.8. The number of hydrogen-bond donors (Lipinski definition) is 1. The van der Waals surface area contributed by atoms with Crippen LogP contribution in [0.4, 0.5) is 20.4 Å². The lowest BCUT2D eigenvalue weighted by molar-refractivity contribution is -0.385. The van der Waals surface area contributed by atoms with Gasteiger partial charge in [-0.25, -0.2) is 18.4 Å². The van der Waals surface area contributed by atoms with Gasteiger partial charge in [0.05, 0.1) is 40.9 Å². The van der Waals surface area contributed by atoms with E-state index in [1.165, 1.54) is 10.9 Å². The summed E-state index contributed by atoms with van der Waals surface area (Å²) >= 11 is 0. The Hall–Kier alpha value is -4.02. The maximum atomic E-state index is 14.2. The summed E-state index contributed by atoms with van der Waals surface area (Å²) in [7, 11) is 0. The fourth-order valence-corrected chi connectivity index (χ4v) is 2.81. The lowest BCUT2D eigenvalue weighted by Crippen LogP contribution is -2.09. The third-order valence-electron chi connectivity index (χ3n) is 4.11. The molecule has 0 bridgehead atoms. The number of nitrogens with two attached hydrogens (primary N) is 1. The van der Waals surface area contributed by atoms with Gasteiger partial charge in [0, 0.05) is 23.5 Å². The van der Waals surface area contributed by atoms with Crippen molar-refractivity contribution in [2.24, 2.45) is 0 Å². The van der Waals surface area contributed by atoms with Crippen LogP contribution in [0.5, 0.6) is 0 Å². The van der Waals surface area contributed by atoms with Gasteiger partial charge < -0.3 is 5.73 Å². The zero-order valence-corrected chi connectivity index (χ0v) is 14.1. The Bertz CT molecular complexity index is 1190. The number of benzene rings is 1. The minimum Gasteiger partial charge on any atom is -0.368 e. The molecule has 2 N–H and O–H groups in total. The van der Waals surface area contributed by atoms with Gasteiger partial charge in [-0.05, 0) is 12.1 Å². The predicted octanol–water partition coefficient (Wildman–Crippen LogP) is 2.71. The Balaban J connectivity index is 1.82. The molecule has 0 aliphatic carbocycles. The number of fused-ring (bicyclic) bond motifs is 1. The normalized spacial score (nSPS) is 11.1. The van der Waals surface area contributed by atoms with Gasteiger partial charge in [-0.1, -0.05) is 0 Å². The standard InChI is InChI=1S/C17H11F2N7O2/c18-13-5-10(26(27)28)6-14(19)12(13)8-25-16-11(7-22-25)15(23-17(20)24-16)9-1-3-21-4-2-9/h1-7H,8H2,(H2,20,23,24).